The first-order valence-corrected chi connectivity index (χ1v) is 10.2. The van der Waals surface area contributed by atoms with Crippen LogP contribution in [-0.2, 0) is 0 Å². The molecule has 5 rings (SSSR count). The van der Waals surface area contributed by atoms with Gasteiger partial charge in [0.2, 0.25) is 5.89 Å². The molecule has 5 aromatic rings. The number of hydrogen-bond acceptors (Lipinski definition) is 4. The highest BCUT2D eigenvalue weighted by molar-refractivity contribution is 6.05. The Kier molecular flexibility index (Phi) is 5.14. The van der Waals surface area contributed by atoms with Gasteiger partial charge in [-0.25, -0.2) is 4.98 Å². The summed E-state index contributed by atoms with van der Waals surface area (Å²) in [6.07, 6.45) is 0. The first-order chi connectivity index (χ1) is 15.7. The first kappa shape index (κ1) is 19.6. The maximum Gasteiger partial charge on any atom is 0.255 e. The summed E-state index contributed by atoms with van der Waals surface area (Å²) in [5.41, 5.74) is 5.73. The van der Waals surface area contributed by atoms with Gasteiger partial charge in [-0.2, -0.15) is 0 Å². The molecular weight excluding hydrogens is 400 g/mol. The van der Waals surface area contributed by atoms with Crippen molar-refractivity contribution in [2.45, 2.75) is 0 Å². The predicted molar refractivity (Wildman–Crippen MR) is 126 cm³/mol. The van der Waals surface area contributed by atoms with Gasteiger partial charge in [-0.3, -0.25) is 4.79 Å². The third kappa shape index (κ3) is 3.96. The maximum atomic E-state index is 12.5. The zero-order valence-electron chi connectivity index (χ0n) is 17.4. The fourth-order valence-electron chi connectivity index (χ4n) is 3.51. The smallest absolute Gasteiger partial charge is 0.255 e. The molecule has 0 aliphatic rings. The fourth-order valence-corrected chi connectivity index (χ4v) is 3.51. The lowest BCUT2D eigenvalue weighted by Gasteiger charge is -2.06. The molecule has 32 heavy (non-hydrogen) atoms. The van der Waals surface area contributed by atoms with E-state index in [1.165, 1.54) is 0 Å². The standard InChI is InChI=1S/C27H20N2O3/c1-31-23-14-11-20(12-15-23)26(30)28-22-13-16-25-24(17-22)29-27(32-25)21-9-7-19(8-10-21)18-5-3-2-4-6-18/h2-17H,1H3,(H,28,30). The topological polar surface area (TPSA) is 64.4 Å². The highest BCUT2D eigenvalue weighted by Gasteiger charge is 2.11. The summed E-state index contributed by atoms with van der Waals surface area (Å²) in [7, 11) is 1.59. The molecule has 0 aliphatic heterocycles. The third-order valence-corrected chi connectivity index (χ3v) is 5.24. The Morgan fingerprint density at radius 2 is 1.50 bits per heavy atom. The number of oxazole rings is 1. The van der Waals surface area contributed by atoms with Gasteiger partial charge in [0.05, 0.1) is 7.11 Å². The minimum absolute atomic E-state index is 0.202. The zero-order chi connectivity index (χ0) is 21.9. The van der Waals surface area contributed by atoms with Gasteiger partial charge in [0, 0.05) is 16.8 Å². The van der Waals surface area contributed by atoms with Gasteiger partial charge >= 0.3 is 0 Å². The van der Waals surface area contributed by atoms with Crippen LogP contribution in [0.2, 0.25) is 0 Å². The SMILES string of the molecule is COc1ccc(C(=O)Nc2ccc3oc(-c4ccc(-c5ccccc5)cc4)nc3c2)cc1. The van der Waals surface area contributed by atoms with E-state index in [1.807, 2.05) is 42.5 Å². The zero-order valence-corrected chi connectivity index (χ0v) is 17.4. The molecule has 5 heteroatoms. The van der Waals surface area contributed by atoms with Gasteiger partial charge in [0.1, 0.15) is 11.3 Å². The molecule has 0 fully saturated rings. The molecule has 1 aromatic heterocycles. The van der Waals surface area contributed by atoms with Gasteiger partial charge in [-0.15, -0.1) is 0 Å². The molecule has 0 atom stereocenters. The molecule has 5 nitrogen and oxygen atoms in total. The number of anilines is 1. The van der Waals surface area contributed by atoms with E-state index in [1.54, 1.807) is 37.4 Å². The molecule has 0 radical (unpaired) electrons. The van der Waals surface area contributed by atoms with E-state index in [4.69, 9.17) is 9.15 Å². The molecule has 4 aromatic carbocycles. The number of ether oxygens (including phenoxy) is 1. The summed E-state index contributed by atoms with van der Waals surface area (Å²) in [6, 6.07) is 30.7. The van der Waals surface area contributed by atoms with E-state index >= 15 is 0 Å². The van der Waals surface area contributed by atoms with Gasteiger partial charge in [0.15, 0.2) is 5.58 Å². The van der Waals surface area contributed by atoms with Crippen LogP contribution < -0.4 is 10.1 Å². The van der Waals surface area contributed by atoms with Crippen LogP contribution in [0.3, 0.4) is 0 Å². The number of carbonyl (C=O) groups excluding carboxylic acids is 1. The number of benzene rings is 4. The molecule has 0 unspecified atom stereocenters. The van der Waals surface area contributed by atoms with Crippen molar-refractivity contribution in [1.82, 2.24) is 4.98 Å². The monoisotopic (exact) mass is 420 g/mol. The van der Waals surface area contributed by atoms with Gasteiger partial charge in [-0.1, -0.05) is 42.5 Å². The number of nitrogens with one attached hydrogen (secondary N) is 1. The summed E-state index contributed by atoms with van der Waals surface area (Å²) in [5.74, 6) is 1.04. The molecule has 0 saturated carbocycles. The minimum Gasteiger partial charge on any atom is -0.497 e. The van der Waals surface area contributed by atoms with Crippen molar-refractivity contribution < 1.29 is 13.9 Å². The second-order valence-corrected chi connectivity index (χ2v) is 7.33. The largest absolute Gasteiger partial charge is 0.497 e. The van der Waals surface area contributed by atoms with E-state index in [-0.39, 0.29) is 5.91 Å². The Hall–Kier alpha value is -4.38. The Bertz CT molecular complexity index is 1370. The van der Waals surface area contributed by atoms with Crippen molar-refractivity contribution >= 4 is 22.7 Å². The average molecular weight is 420 g/mol. The minimum atomic E-state index is -0.202. The van der Waals surface area contributed by atoms with Crippen LogP contribution in [0.5, 0.6) is 5.75 Å². The van der Waals surface area contributed by atoms with Crippen molar-refractivity contribution in [2.75, 3.05) is 12.4 Å². The van der Waals surface area contributed by atoms with Crippen molar-refractivity contribution in [3.05, 3.63) is 103 Å². The Labute approximate surface area is 185 Å². The second kappa shape index (κ2) is 8.40. The lowest BCUT2D eigenvalue weighted by Crippen LogP contribution is -2.11. The average Bonchev–Trinajstić information content (AvgIpc) is 3.28. The van der Waals surface area contributed by atoms with E-state index in [0.717, 1.165) is 16.7 Å². The first-order valence-electron chi connectivity index (χ1n) is 10.2. The normalized spacial score (nSPS) is 10.8. The van der Waals surface area contributed by atoms with Crippen molar-refractivity contribution in [2.24, 2.45) is 0 Å². The van der Waals surface area contributed by atoms with Crippen molar-refractivity contribution in [3.63, 3.8) is 0 Å². The molecule has 1 N–H and O–H groups in total. The molecular formula is C27H20N2O3. The van der Waals surface area contributed by atoms with Gasteiger partial charge in [-0.05, 0) is 65.7 Å². The number of carbonyl (C=O) groups is 1. The van der Waals surface area contributed by atoms with Crippen LogP contribution in [0.1, 0.15) is 10.4 Å². The summed E-state index contributed by atoms with van der Waals surface area (Å²) in [6.45, 7) is 0. The van der Waals surface area contributed by atoms with Crippen LogP contribution in [0.15, 0.2) is 101 Å². The molecule has 0 aliphatic carbocycles. The number of amides is 1. The van der Waals surface area contributed by atoms with Crippen molar-refractivity contribution in [3.8, 4) is 28.3 Å². The third-order valence-electron chi connectivity index (χ3n) is 5.24. The molecule has 1 heterocycles. The number of fused-ring (bicyclic) bond motifs is 1. The summed E-state index contributed by atoms with van der Waals surface area (Å²) >= 11 is 0. The quantitative estimate of drug-likeness (QED) is 0.356. The Morgan fingerprint density at radius 1 is 0.812 bits per heavy atom. The van der Waals surface area contributed by atoms with Crippen LogP contribution >= 0.6 is 0 Å². The lowest BCUT2D eigenvalue weighted by atomic mass is 10.0. The number of hydrogen-bond donors (Lipinski definition) is 1. The second-order valence-electron chi connectivity index (χ2n) is 7.33. The number of methoxy groups -OCH3 is 1. The highest BCUT2D eigenvalue weighted by atomic mass is 16.5. The van der Waals surface area contributed by atoms with Crippen molar-refractivity contribution in [1.29, 1.82) is 0 Å². The molecule has 0 spiro atoms. The summed E-state index contributed by atoms with van der Waals surface area (Å²) in [4.78, 5) is 17.1. The predicted octanol–water partition coefficient (Wildman–Crippen LogP) is 6.42. The van der Waals surface area contributed by atoms with E-state index in [2.05, 4.69) is 34.6 Å². The van der Waals surface area contributed by atoms with Crippen LogP contribution in [0.4, 0.5) is 5.69 Å². The van der Waals surface area contributed by atoms with E-state index in [9.17, 15) is 4.79 Å². The molecule has 1 amide bonds. The molecule has 0 bridgehead atoms. The molecule has 156 valence electrons. The lowest BCUT2D eigenvalue weighted by molar-refractivity contribution is 0.102. The Balaban J connectivity index is 1.36. The summed E-state index contributed by atoms with van der Waals surface area (Å²) in [5, 5.41) is 2.90. The Morgan fingerprint density at radius 3 is 2.22 bits per heavy atom. The molecule has 0 saturated heterocycles. The number of nitrogens with zero attached hydrogens (tertiary/aromatic N) is 1. The highest BCUT2D eigenvalue weighted by Crippen LogP contribution is 2.28. The van der Waals surface area contributed by atoms with Crippen LogP contribution in [0.25, 0.3) is 33.7 Å². The van der Waals surface area contributed by atoms with Gasteiger partial charge in [0.25, 0.3) is 5.91 Å². The fraction of sp³-hybridized carbons (Fsp3) is 0.0370. The number of rotatable bonds is 5. The summed E-state index contributed by atoms with van der Waals surface area (Å²) < 4.78 is 11.1. The van der Waals surface area contributed by atoms with E-state index < -0.39 is 0 Å². The van der Waals surface area contributed by atoms with Crippen LogP contribution in [0, 0.1) is 0 Å². The van der Waals surface area contributed by atoms with Crippen LogP contribution in [-0.4, -0.2) is 18.0 Å². The van der Waals surface area contributed by atoms with Gasteiger partial charge < -0.3 is 14.5 Å². The maximum absolute atomic E-state index is 12.5. The van der Waals surface area contributed by atoms with E-state index in [0.29, 0.717) is 34.0 Å². The number of aromatic nitrogens is 1.